The smallest absolute Gasteiger partial charge is 0.330 e. The van der Waals surface area contributed by atoms with Crippen LogP contribution in [0.3, 0.4) is 0 Å². The fourth-order valence-electron chi connectivity index (χ4n) is 1.74. The summed E-state index contributed by atoms with van der Waals surface area (Å²) in [5, 5.41) is 0. The van der Waals surface area contributed by atoms with E-state index in [2.05, 4.69) is 0 Å². The molecule has 1 rings (SSSR count). The predicted octanol–water partition coefficient (Wildman–Crippen LogP) is 3.40. The number of halogens is 4. The molecule has 0 saturated heterocycles. The van der Waals surface area contributed by atoms with Crippen LogP contribution in [0.4, 0.5) is 17.6 Å². The van der Waals surface area contributed by atoms with Gasteiger partial charge in [0.15, 0.2) is 5.78 Å². The first-order valence-corrected chi connectivity index (χ1v) is 5.88. The lowest BCUT2D eigenvalue weighted by Crippen LogP contribution is -2.15. The molecule has 0 amide bonds. The quantitative estimate of drug-likeness (QED) is 0.662. The summed E-state index contributed by atoms with van der Waals surface area (Å²) < 4.78 is 50.4. The minimum Gasteiger partial charge on any atom is -0.330 e. The molecular formula is C13H15F4NO. The predicted molar refractivity (Wildman–Crippen MR) is 63.2 cm³/mol. The van der Waals surface area contributed by atoms with Crippen LogP contribution >= 0.6 is 0 Å². The zero-order valence-electron chi connectivity index (χ0n) is 10.4. The van der Waals surface area contributed by atoms with Crippen LogP contribution < -0.4 is 5.73 Å². The fourth-order valence-corrected chi connectivity index (χ4v) is 1.74. The molecule has 19 heavy (non-hydrogen) atoms. The Morgan fingerprint density at radius 3 is 2.47 bits per heavy atom. The SMILES string of the molecule is CC(CCCN)C(=O)c1ccc(C(F)(F)F)c(F)c1. The topological polar surface area (TPSA) is 43.1 Å². The number of benzene rings is 1. The van der Waals surface area contributed by atoms with Crippen LogP contribution in [0.2, 0.25) is 0 Å². The van der Waals surface area contributed by atoms with Crippen molar-refractivity contribution in [3.8, 4) is 0 Å². The van der Waals surface area contributed by atoms with Crippen molar-refractivity contribution in [1.82, 2.24) is 0 Å². The second-order valence-electron chi connectivity index (χ2n) is 4.39. The van der Waals surface area contributed by atoms with Gasteiger partial charge in [-0.2, -0.15) is 13.2 Å². The van der Waals surface area contributed by atoms with Crippen molar-refractivity contribution in [1.29, 1.82) is 0 Å². The summed E-state index contributed by atoms with van der Waals surface area (Å²) in [5.74, 6) is -2.19. The maximum Gasteiger partial charge on any atom is 0.419 e. The van der Waals surface area contributed by atoms with Gasteiger partial charge in [-0.1, -0.05) is 13.0 Å². The van der Waals surface area contributed by atoms with E-state index in [9.17, 15) is 22.4 Å². The van der Waals surface area contributed by atoms with Gasteiger partial charge in [0.1, 0.15) is 5.82 Å². The monoisotopic (exact) mass is 277 g/mol. The van der Waals surface area contributed by atoms with E-state index in [-0.39, 0.29) is 17.3 Å². The third kappa shape index (κ3) is 4.02. The highest BCUT2D eigenvalue weighted by atomic mass is 19.4. The summed E-state index contributed by atoms with van der Waals surface area (Å²) in [6.07, 6.45) is -3.59. The summed E-state index contributed by atoms with van der Waals surface area (Å²) >= 11 is 0. The van der Waals surface area contributed by atoms with Crippen molar-refractivity contribution < 1.29 is 22.4 Å². The minimum atomic E-state index is -4.75. The van der Waals surface area contributed by atoms with Crippen LogP contribution in [0.25, 0.3) is 0 Å². The summed E-state index contributed by atoms with van der Waals surface area (Å²) in [6, 6.07) is 2.25. The van der Waals surface area contributed by atoms with Crippen molar-refractivity contribution in [2.45, 2.75) is 25.9 Å². The molecule has 6 heteroatoms. The highest BCUT2D eigenvalue weighted by Crippen LogP contribution is 2.32. The van der Waals surface area contributed by atoms with E-state index in [0.717, 1.165) is 6.07 Å². The first-order chi connectivity index (χ1) is 8.77. The van der Waals surface area contributed by atoms with Gasteiger partial charge in [0.05, 0.1) is 5.56 Å². The van der Waals surface area contributed by atoms with Crippen molar-refractivity contribution >= 4 is 5.78 Å². The fraction of sp³-hybridized carbons (Fsp3) is 0.462. The van der Waals surface area contributed by atoms with Crippen molar-refractivity contribution in [2.24, 2.45) is 11.7 Å². The number of carbonyl (C=O) groups is 1. The van der Waals surface area contributed by atoms with Crippen LogP contribution in [-0.4, -0.2) is 12.3 Å². The van der Waals surface area contributed by atoms with E-state index >= 15 is 0 Å². The van der Waals surface area contributed by atoms with Crippen LogP contribution in [0.15, 0.2) is 18.2 Å². The molecule has 1 aromatic rings. The Bertz CT molecular complexity index is 456. The lowest BCUT2D eigenvalue weighted by molar-refractivity contribution is -0.140. The largest absolute Gasteiger partial charge is 0.419 e. The average Bonchev–Trinajstić information content (AvgIpc) is 2.33. The Labute approximate surface area is 108 Å². The van der Waals surface area contributed by atoms with Gasteiger partial charge in [-0.05, 0) is 31.5 Å². The van der Waals surface area contributed by atoms with Crippen molar-refractivity contribution in [3.63, 3.8) is 0 Å². The van der Waals surface area contributed by atoms with Crippen LogP contribution in [0, 0.1) is 11.7 Å². The number of hydrogen-bond donors (Lipinski definition) is 1. The Kier molecular flexibility index (Phi) is 5.05. The normalized spacial score (nSPS) is 13.4. The molecule has 2 nitrogen and oxygen atoms in total. The van der Waals surface area contributed by atoms with Crippen molar-refractivity contribution in [3.05, 3.63) is 35.1 Å². The molecule has 0 bridgehead atoms. The van der Waals surface area contributed by atoms with Gasteiger partial charge in [0.25, 0.3) is 0 Å². The second-order valence-corrected chi connectivity index (χ2v) is 4.39. The molecule has 2 N–H and O–H groups in total. The molecule has 0 heterocycles. The second kappa shape index (κ2) is 6.14. The van der Waals surface area contributed by atoms with E-state index in [0.29, 0.717) is 31.5 Å². The Morgan fingerprint density at radius 2 is 2.00 bits per heavy atom. The van der Waals surface area contributed by atoms with Gasteiger partial charge in [0, 0.05) is 11.5 Å². The summed E-state index contributed by atoms with van der Waals surface area (Å²) in [6.45, 7) is 2.08. The highest BCUT2D eigenvalue weighted by Gasteiger charge is 2.34. The zero-order chi connectivity index (χ0) is 14.6. The Hall–Kier alpha value is -1.43. The number of hydrogen-bond acceptors (Lipinski definition) is 2. The lowest BCUT2D eigenvalue weighted by Gasteiger charge is -2.12. The average molecular weight is 277 g/mol. The Balaban J connectivity index is 2.92. The van der Waals surface area contributed by atoms with E-state index in [4.69, 9.17) is 5.73 Å². The van der Waals surface area contributed by atoms with E-state index in [1.54, 1.807) is 6.92 Å². The molecule has 0 aliphatic heterocycles. The highest BCUT2D eigenvalue weighted by molar-refractivity contribution is 5.97. The number of ketones is 1. The van der Waals surface area contributed by atoms with Gasteiger partial charge in [-0.25, -0.2) is 4.39 Å². The zero-order valence-corrected chi connectivity index (χ0v) is 10.4. The molecule has 0 fully saturated rings. The van der Waals surface area contributed by atoms with Crippen LogP contribution in [0.5, 0.6) is 0 Å². The van der Waals surface area contributed by atoms with Gasteiger partial charge < -0.3 is 5.73 Å². The number of carbonyl (C=O) groups excluding carboxylic acids is 1. The third-order valence-corrected chi connectivity index (χ3v) is 2.85. The minimum absolute atomic E-state index is 0.0463. The lowest BCUT2D eigenvalue weighted by atomic mass is 9.94. The van der Waals surface area contributed by atoms with E-state index in [1.807, 2.05) is 0 Å². The number of nitrogens with two attached hydrogens (primary N) is 1. The molecule has 0 aliphatic carbocycles. The standard InChI is InChI=1S/C13H15F4NO/c1-8(3-2-6-18)12(19)9-4-5-10(11(14)7-9)13(15,16)17/h4-5,7-8H,2-3,6,18H2,1H3. The van der Waals surface area contributed by atoms with Crippen LogP contribution in [0.1, 0.15) is 35.7 Å². The summed E-state index contributed by atoms with van der Waals surface area (Å²) in [7, 11) is 0. The molecule has 1 atom stereocenters. The maximum absolute atomic E-state index is 13.3. The molecule has 1 unspecified atom stereocenters. The molecule has 1 aromatic carbocycles. The van der Waals surface area contributed by atoms with E-state index in [1.165, 1.54) is 0 Å². The van der Waals surface area contributed by atoms with Crippen molar-refractivity contribution in [2.75, 3.05) is 6.54 Å². The van der Waals surface area contributed by atoms with E-state index < -0.39 is 17.6 Å². The maximum atomic E-state index is 13.3. The molecule has 0 aromatic heterocycles. The molecular weight excluding hydrogens is 262 g/mol. The van der Waals surface area contributed by atoms with Gasteiger partial charge in [-0.15, -0.1) is 0 Å². The van der Waals surface area contributed by atoms with Crippen LogP contribution in [-0.2, 0) is 6.18 Å². The first-order valence-electron chi connectivity index (χ1n) is 5.88. The summed E-state index contributed by atoms with van der Waals surface area (Å²) in [4.78, 5) is 11.9. The molecule has 0 spiro atoms. The molecule has 0 aliphatic rings. The first kappa shape index (κ1) is 15.6. The molecule has 106 valence electrons. The number of alkyl halides is 3. The van der Waals surface area contributed by atoms with Gasteiger partial charge >= 0.3 is 6.18 Å². The summed E-state index contributed by atoms with van der Waals surface area (Å²) in [5.41, 5.74) is 3.90. The number of Topliss-reactive ketones (excluding diaryl/α,β-unsaturated/α-hetero) is 1. The molecule has 0 radical (unpaired) electrons. The van der Waals surface area contributed by atoms with Gasteiger partial charge in [-0.3, -0.25) is 4.79 Å². The van der Waals surface area contributed by atoms with Gasteiger partial charge in [0.2, 0.25) is 0 Å². The number of rotatable bonds is 5. The molecule has 0 saturated carbocycles. The Morgan fingerprint density at radius 1 is 1.37 bits per heavy atom. The third-order valence-electron chi connectivity index (χ3n) is 2.85.